The maximum atomic E-state index is 12.8. The number of halogens is 1. The fourth-order valence-corrected chi connectivity index (χ4v) is 5.43. The molecule has 0 spiro atoms. The second-order valence-corrected chi connectivity index (χ2v) is 9.12. The molecule has 25 heavy (non-hydrogen) atoms. The lowest BCUT2D eigenvalue weighted by Crippen LogP contribution is -2.41. The minimum atomic E-state index is -3.44. The highest BCUT2D eigenvalue weighted by molar-refractivity contribution is 7.89. The summed E-state index contributed by atoms with van der Waals surface area (Å²) in [5.41, 5.74) is 2.79. The molecule has 2 aromatic rings. The van der Waals surface area contributed by atoms with Crippen molar-refractivity contribution >= 4 is 21.6 Å². The fraction of sp³-hybridized carbons (Fsp3) is 0.368. The first-order valence-electron chi connectivity index (χ1n) is 8.60. The van der Waals surface area contributed by atoms with Crippen LogP contribution in [0.15, 0.2) is 53.4 Å². The van der Waals surface area contributed by atoms with Gasteiger partial charge in [0.15, 0.2) is 0 Å². The highest BCUT2D eigenvalue weighted by Crippen LogP contribution is 2.28. The van der Waals surface area contributed by atoms with E-state index in [0.29, 0.717) is 23.0 Å². The van der Waals surface area contributed by atoms with Gasteiger partial charge in [0.25, 0.3) is 0 Å². The van der Waals surface area contributed by atoms with Gasteiger partial charge in [0, 0.05) is 37.2 Å². The molecular weight excluding hydrogens is 356 g/mol. The van der Waals surface area contributed by atoms with Gasteiger partial charge in [-0.15, -0.1) is 0 Å². The molecule has 1 saturated heterocycles. The average Bonchev–Trinajstić information content (AvgIpc) is 3.13. The summed E-state index contributed by atoms with van der Waals surface area (Å²) in [4.78, 5) is 2.75. The first-order valence-corrected chi connectivity index (χ1v) is 10.4. The van der Waals surface area contributed by atoms with Crippen LogP contribution in [0.2, 0.25) is 5.02 Å². The molecule has 2 heterocycles. The molecule has 6 heteroatoms. The van der Waals surface area contributed by atoms with E-state index in [1.165, 1.54) is 11.1 Å². The van der Waals surface area contributed by atoms with Crippen molar-refractivity contribution in [1.29, 1.82) is 0 Å². The molecule has 2 aliphatic heterocycles. The number of hydrogen-bond donors (Lipinski definition) is 0. The Morgan fingerprint density at radius 2 is 1.68 bits per heavy atom. The molecule has 1 unspecified atom stereocenters. The van der Waals surface area contributed by atoms with Crippen molar-refractivity contribution < 1.29 is 8.42 Å². The van der Waals surface area contributed by atoms with Crippen molar-refractivity contribution in [3.8, 4) is 0 Å². The summed E-state index contributed by atoms with van der Waals surface area (Å²) in [7, 11) is -3.44. The van der Waals surface area contributed by atoms with Gasteiger partial charge in [-0.05, 0) is 48.2 Å². The van der Waals surface area contributed by atoms with Crippen molar-refractivity contribution in [2.24, 2.45) is 0 Å². The minimum absolute atomic E-state index is 0.287. The van der Waals surface area contributed by atoms with E-state index in [9.17, 15) is 8.42 Å². The highest BCUT2D eigenvalue weighted by atomic mass is 35.5. The maximum absolute atomic E-state index is 12.8. The number of rotatable bonds is 3. The zero-order chi connectivity index (χ0) is 17.4. The number of benzene rings is 2. The Morgan fingerprint density at radius 1 is 0.960 bits per heavy atom. The van der Waals surface area contributed by atoms with Crippen LogP contribution in [-0.4, -0.2) is 43.3 Å². The van der Waals surface area contributed by atoms with Crippen LogP contribution in [0.25, 0.3) is 0 Å². The molecule has 132 valence electrons. The first-order chi connectivity index (χ1) is 12.0. The molecule has 4 rings (SSSR count). The second kappa shape index (κ2) is 6.72. The van der Waals surface area contributed by atoms with Gasteiger partial charge in [-0.3, -0.25) is 4.90 Å². The van der Waals surface area contributed by atoms with E-state index in [-0.39, 0.29) is 6.04 Å². The van der Waals surface area contributed by atoms with Gasteiger partial charge >= 0.3 is 0 Å². The molecule has 1 atom stereocenters. The zero-order valence-corrected chi connectivity index (χ0v) is 15.5. The third-order valence-electron chi connectivity index (χ3n) is 5.25. The van der Waals surface area contributed by atoms with Crippen LogP contribution in [0.3, 0.4) is 0 Å². The normalized spacial score (nSPS) is 22.0. The molecule has 0 aliphatic carbocycles. The first kappa shape index (κ1) is 17.0. The summed E-state index contributed by atoms with van der Waals surface area (Å²) in [5.74, 6) is 0. The topological polar surface area (TPSA) is 40.6 Å². The standard InChI is InChI=1S/C19H21ClN2O2S/c20-17-5-7-19(8-6-17)25(23,24)22-12-10-18(14-22)21-11-9-15-3-1-2-4-16(15)13-21/h1-8,18H,9-14H2. The largest absolute Gasteiger partial charge is 0.294 e. The summed E-state index contributed by atoms with van der Waals surface area (Å²) < 4.78 is 27.3. The third-order valence-corrected chi connectivity index (χ3v) is 7.39. The predicted molar refractivity (Wildman–Crippen MR) is 99.2 cm³/mol. The molecular formula is C19H21ClN2O2S. The van der Waals surface area contributed by atoms with Crippen molar-refractivity contribution in [1.82, 2.24) is 9.21 Å². The van der Waals surface area contributed by atoms with Gasteiger partial charge in [0.05, 0.1) is 4.90 Å². The Hall–Kier alpha value is -1.40. The van der Waals surface area contributed by atoms with Gasteiger partial charge in [0.2, 0.25) is 10.0 Å². The Kier molecular flexibility index (Phi) is 4.58. The number of fused-ring (bicyclic) bond motifs is 1. The average molecular weight is 377 g/mol. The molecule has 4 nitrogen and oxygen atoms in total. The Morgan fingerprint density at radius 3 is 2.44 bits per heavy atom. The molecule has 0 N–H and O–H groups in total. The lowest BCUT2D eigenvalue weighted by Gasteiger charge is -2.33. The van der Waals surface area contributed by atoms with Gasteiger partial charge < -0.3 is 0 Å². The van der Waals surface area contributed by atoms with Crippen LogP contribution in [0, 0.1) is 0 Å². The maximum Gasteiger partial charge on any atom is 0.243 e. The predicted octanol–water partition coefficient (Wildman–Crippen LogP) is 3.16. The Labute approximate surface area is 154 Å². The van der Waals surface area contributed by atoms with Crippen LogP contribution in [0.1, 0.15) is 17.5 Å². The summed E-state index contributed by atoms with van der Waals surface area (Å²) >= 11 is 5.87. The fourth-order valence-electron chi connectivity index (χ4n) is 3.81. The van der Waals surface area contributed by atoms with E-state index in [4.69, 9.17) is 11.6 Å². The van der Waals surface area contributed by atoms with E-state index >= 15 is 0 Å². The van der Waals surface area contributed by atoms with Crippen LogP contribution in [-0.2, 0) is 23.0 Å². The van der Waals surface area contributed by atoms with Crippen LogP contribution in [0.4, 0.5) is 0 Å². The van der Waals surface area contributed by atoms with E-state index in [1.54, 1.807) is 28.6 Å². The van der Waals surface area contributed by atoms with Crippen LogP contribution in [0.5, 0.6) is 0 Å². The van der Waals surface area contributed by atoms with E-state index in [1.807, 2.05) is 0 Å². The van der Waals surface area contributed by atoms with Crippen molar-refractivity contribution in [2.75, 3.05) is 19.6 Å². The van der Waals surface area contributed by atoms with E-state index < -0.39 is 10.0 Å². The van der Waals surface area contributed by atoms with Crippen molar-refractivity contribution in [3.05, 3.63) is 64.7 Å². The quantitative estimate of drug-likeness (QED) is 0.826. The third kappa shape index (κ3) is 3.34. The smallest absolute Gasteiger partial charge is 0.243 e. The molecule has 1 fully saturated rings. The molecule has 0 radical (unpaired) electrons. The number of hydrogen-bond acceptors (Lipinski definition) is 3. The monoisotopic (exact) mass is 376 g/mol. The van der Waals surface area contributed by atoms with Crippen LogP contribution >= 0.6 is 11.6 Å². The second-order valence-electron chi connectivity index (χ2n) is 6.75. The SMILES string of the molecule is O=S(=O)(c1ccc(Cl)cc1)N1CCC(N2CCc3ccccc3C2)C1. The number of nitrogens with zero attached hydrogens (tertiary/aromatic N) is 2. The Balaban J connectivity index is 1.47. The summed E-state index contributed by atoms with van der Waals surface area (Å²) in [5, 5.41) is 0.547. The molecule has 0 saturated carbocycles. The van der Waals surface area contributed by atoms with Crippen molar-refractivity contribution in [2.45, 2.75) is 30.3 Å². The molecule has 0 aromatic heterocycles. The molecule has 2 aliphatic rings. The minimum Gasteiger partial charge on any atom is -0.294 e. The zero-order valence-electron chi connectivity index (χ0n) is 13.9. The molecule has 2 aromatic carbocycles. The molecule has 0 amide bonds. The van der Waals surface area contributed by atoms with Crippen molar-refractivity contribution in [3.63, 3.8) is 0 Å². The lowest BCUT2D eigenvalue weighted by atomic mass is 9.98. The van der Waals surface area contributed by atoms with Gasteiger partial charge in [-0.1, -0.05) is 35.9 Å². The number of sulfonamides is 1. The summed E-state index contributed by atoms with van der Waals surface area (Å²) in [6, 6.07) is 15.3. The van der Waals surface area contributed by atoms with Gasteiger partial charge in [0.1, 0.15) is 0 Å². The summed E-state index contributed by atoms with van der Waals surface area (Å²) in [6.07, 6.45) is 1.92. The van der Waals surface area contributed by atoms with Gasteiger partial charge in [-0.2, -0.15) is 4.31 Å². The van der Waals surface area contributed by atoms with E-state index in [0.717, 1.165) is 25.9 Å². The van der Waals surface area contributed by atoms with Gasteiger partial charge in [-0.25, -0.2) is 8.42 Å². The Bertz CT molecular complexity index is 867. The lowest BCUT2D eigenvalue weighted by molar-refractivity contribution is 0.185. The molecule has 0 bridgehead atoms. The van der Waals surface area contributed by atoms with Crippen LogP contribution < -0.4 is 0 Å². The van der Waals surface area contributed by atoms with E-state index in [2.05, 4.69) is 29.2 Å². The highest BCUT2D eigenvalue weighted by Gasteiger charge is 2.36. The summed E-state index contributed by atoms with van der Waals surface area (Å²) in [6.45, 7) is 3.05.